The molecule has 4 aliphatic rings. The zero-order valence-electron chi connectivity index (χ0n) is 26.9. The third kappa shape index (κ3) is 6.65. The fourth-order valence-corrected chi connectivity index (χ4v) is 9.99. The molecule has 1 amide bonds. The zero-order chi connectivity index (χ0) is 32.6. The summed E-state index contributed by atoms with van der Waals surface area (Å²) in [5.41, 5.74) is 3.60. The van der Waals surface area contributed by atoms with Gasteiger partial charge in [0.25, 0.3) is 5.91 Å². The SMILES string of the molecule is CO[C@H]1/C=C/C[C@H](C)C[S@@](=O)(Nc2cnccn2)=NC(=O)c2ccc3c(c2)N(C[C@@H]2CC[C@H]21)C[C@@]1(CCCc2cc(Cl)ccc21)CO3. The molecule has 1 fully saturated rings. The van der Waals surface area contributed by atoms with Crippen molar-refractivity contribution in [3.8, 4) is 5.75 Å². The molecule has 1 N–H and O–H groups in total. The second-order valence-electron chi connectivity index (χ2n) is 13.7. The number of benzene rings is 2. The highest BCUT2D eigenvalue weighted by Crippen LogP contribution is 2.47. The lowest BCUT2D eigenvalue weighted by atomic mass is 9.68. The number of hydrogen-bond donors (Lipinski definition) is 1. The van der Waals surface area contributed by atoms with Gasteiger partial charge in [0.05, 0.1) is 30.3 Å². The number of allylic oxidation sites excluding steroid dienone is 1. The lowest BCUT2D eigenvalue weighted by molar-refractivity contribution is 0.0131. The van der Waals surface area contributed by atoms with Crippen molar-refractivity contribution in [2.45, 2.75) is 57.0 Å². The number of nitrogens with one attached hydrogen (secondary N) is 1. The van der Waals surface area contributed by atoms with Gasteiger partial charge in [-0.15, -0.1) is 4.36 Å². The number of halogens is 1. The first-order valence-electron chi connectivity index (χ1n) is 16.6. The maximum absolute atomic E-state index is 14.4. The van der Waals surface area contributed by atoms with E-state index < -0.39 is 15.8 Å². The van der Waals surface area contributed by atoms with Gasteiger partial charge in [-0.25, -0.2) is 9.19 Å². The van der Waals surface area contributed by atoms with Crippen molar-refractivity contribution in [2.24, 2.45) is 22.1 Å². The van der Waals surface area contributed by atoms with Gasteiger partial charge in [0.1, 0.15) is 15.7 Å². The molecule has 1 saturated carbocycles. The topological polar surface area (TPSA) is 106 Å². The molecule has 47 heavy (non-hydrogen) atoms. The van der Waals surface area contributed by atoms with Crippen LogP contribution in [0.4, 0.5) is 11.5 Å². The Balaban J connectivity index is 1.32. The van der Waals surface area contributed by atoms with Gasteiger partial charge in [-0.3, -0.25) is 14.5 Å². The van der Waals surface area contributed by atoms with E-state index in [2.05, 4.69) is 48.2 Å². The van der Waals surface area contributed by atoms with Crippen molar-refractivity contribution >= 4 is 38.9 Å². The van der Waals surface area contributed by atoms with Crippen LogP contribution in [0.3, 0.4) is 0 Å². The van der Waals surface area contributed by atoms with Crippen LogP contribution in [0.5, 0.6) is 5.75 Å². The monoisotopic (exact) mass is 675 g/mol. The van der Waals surface area contributed by atoms with Crippen LogP contribution in [0.2, 0.25) is 5.02 Å². The first-order valence-corrected chi connectivity index (χ1v) is 18.6. The molecule has 9 nitrogen and oxygen atoms in total. The molecule has 2 bridgehead atoms. The average Bonchev–Trinajstić information content (AvgIpc) is 3.19. The quantitative estimate of drug-likeness (QED) is 0.302. The van der Waals surface area contributed by atoms with E-state index in [0.717, 1.165) is 61.7 Å². The lowest BCUT2D eigenvalue weighted by Gasteiger charge is -2.46. The van der Waals surface area contributed by atoms with Crippen LogP contribution in [-0.2, 0) is 26.5 Å². The minimum Gasteiger partial charge on any atom is -0.490 e. The van der Waals surface area contributed by atoms with Crippen LogP contribution in [0.15, 0.2) is 71.5 Å². The summed E-state index contributed by atoms with van der Waals surface area (Å²) in [5, 5.41) is 0.756. The molecule has 1 aromatic heterocycles. The van der Waals surface area contributed by atoms with Gasteiger partial charge in [-0.05, 0) is 97.7 Å². The molecule has 248 valence electrons. The molecule has 7 rings (SSSR count). The third-order valence-electron chi connectivity index (χ3n) is 10.3. The number of ether oxygens (including phenoxy) is 2. The fraction of sp³-hybridized carbons (Fsp3) is 0.472. The predicted octanol–water partition coefficient (Wildman–Crippen LogP) is 6.88. The summed E-state index contributed by atoms with van der Waals surface area (Å²) >= 11 is 6.45. The second-order valence-corrected chi connectivity index (χ2v) is 16.1. The van der Waals surface area contributed by atoms with Gasteiger partial charge in [0, 0.05) is 48.6 Å². The highest BCUT2D eigenvalue weighted by Gasteiger charge is 2.44. The van der Waals surface area contributed by atoms with Crippen molar-refractivity contribution in [1.29, 1.82) is 0 Å². The standard InChI is InChI=1S/C36H42ClN5O4S/c1-24-5-3-7-32(45-2)29-11-8-27(29)20-42-22-36(14-4-6-25-17-28(37)10-12-30(25)36)23-46-33-13-9-26(18-31(33)42)35(43)41-47(44,21-24)40-34-19-38-15-16-39-34/h3,7,9-10,12-13,15-19,24,27,29,32H,4-6,8,11,14,20-23H2,1-2H3,(H,39,40,41,43,44)/b7-3+/t24-,27-,29+,32-,36-,47+/m0/s1. The Morgan fingerprint density at radius 1 is 1.17 bits per heavy atom. The van der Waals surface area contributed by atoms with Crippen LogP contribution in [0, 0.1) is 17.8 Å². The summed E-state index contributed by atoms with van der Waals surface area (Å²) < 4.78 is 34.4. The number of rotatable bonds is 3. The molecular formula is C36H42ClN5O4S. The number of nitrogens with zero attached hydrogens (tertiary/aromatic N) is 4. The number of aryl methyl sites for hydroxylation is 1. The van der Waals surface area contributed by atoms with Crippen molar-refractivity contribution in [2.75, 3.05) is 42.2 Å². The van der Waals surface area contributed by atoms with Gasteiger partial charge < -0.3 is 14.4 Å². The number of hydrogen-bond acceptors (Lipinski definition) is 7. The third-order valence-corrected chi connectivity index (χ3v) is 12.6. The van der Waals surface area contributed by atoms with Crippen molar-refractivity contribution in [1.82, 2.24) is 9.97 Å². The van der Waals surface area contributed by atoms with E-state index in [-0.39, 0.29) is 23.2 Å². The van der Waals surface area contributed by atoms with E-state index in [1.807, 2.05) is 25.1 Å². The molecule has 6 atom stereocenters. The Morgan fingerprint density at radius 3 is 2.85 bits per heavy atom. The Bertz CT molecular complexity index is 1800. The van der Waals surface area contributed by atoms with Crippen molar-refractivity contribution < 1.29 is 18.5 Å². The molecule has 0 unspecified atom stereocenters. The minimum atomic E-state index is -3.24. The first-order chi connectivity index (χ1) is 22.7. The Kier molecular flexibility index (Phi) is 9.02. The van der Waals surface area contributed by atoms with Crippen LogP contribution >= 0.6 is 11.6 Å². The van der Waals surface area contributed by atoms with E-state index in [0.29, 0.717) is 36.2 Å². The van der Waals surface area contributed by atoms with Crippen molar-refractivity contribution in [3.63, 3.8) is 0 Å². The summed E-state index contributed by atoms with van der Waals surface area (Å²) in [5.74, 6) is 1.45. The average molecular weight is 676 g/mol. The molecule has 11 heteroatoms. The molecule has 0 saturated heterocycles. The number of aromatic nitrogens is 2. The molecule has 2 aliphatic heterocycles. The van der Waals surface area contributed by atoms with Gasteiger partial charge in [0.15, 0.2) is 5.82 Å². The Morgan fingerprint density at radius 2 is 2.06 bits per heavy atom. The van der Waals surface area contributed by atoms with Gasteiger partial charge in [-0.1, -0.05) is 36.7 Å². The Labute approximate surface area is 282 Å². The maximum atomic E-state index is 14.4. The molecule has 0 radical (unpaired) electrons. The van der Waals surface area contributed by atoms with Crippen LogP contribution in [0.1, 0.15) is 60.5 Å². The number of fused-ring (bicyclic) bond motifs is 4. The van der Waals surface area contributed by atoms with E-state index in [1.54, 1.807) is 19.4 Å². The molecular weight excluding hydrogens is 634 g/mol. The number of anilines is 2. The normalized spacial score (nSPS) is 31.3. The first kappa shape index (κ1) is 32.1. The van der Waals surface area contributed by atoms with E-state index in [1.165, 1.54) is 23.5 Å². The fourth-order valence-electron chi connectivity index (χ4n) is 7.88. The van der Waals surface area contributed by atoms with Crippen LogP contribution in [-0.4, -0.2) is 58.7 Å². The number of carbonyl (C=O) groups is 1. The molecule has 2 aromatic carbocycles. The van der Waals surface area contributed by atoms with Crippen LogP contribution < -0.4 is 14.4 Å². The summed E-state index contributed by atoms with van der Waals surface area (Å²) in [6.07, 6.45) is 14.8. The number of methoxy groups -OCH3 is 1. The highest BCUT2D eigenvalue weighted by molar-refractivity contribution is 7.95. The molecule has 3 aromatic rings. The lowest BCUT2D eigenvalue weighted by Crippen LogP contribution is -2.49. The maximum Gasteiger partial charge on any atom is 0.286 e. The van der Waals surface area contributed by atoms with Crippen molar-refractivity contribution in [3.05, 3.63) is 88.9 Å². The van der Waals surface area contributed by atoms with Gasteiger partial charge in [-0.2, -0.15) is 0 Å². The van der Waals surface area contributed by atoms with Crippen LogP contribution in [0.25, 0.3) is 0 Å². The van der Waals surface area contributed by atoms with E-state index in [9.17, 15) is 9.00 Å². The van der Waals surface area contributed by atoms with E-state index >= 15 is 0 Å². The number of amides is 1. The smallest absolute Gasteiger partial charge is 0.286 e. The van der Waals surface area contributed by atoms with E-state index in [4.69, 9.17) is 21.1 Å². The molecule has 3 heterocycles. The summed E-state index contributed by atoms with van der Waals surface area (Å²) in [4.78, 5) is 24.6. The second kappa shape index (κ2) is 13.2. The largest absolute Gasteiger partial charge is 0.490 e. The Hall–Kier alpha value is -3.47. The predicted molar refractivity (Wildman–Crippen MR) is 186 cm³/mol. The zero-order valence-corrected chi connectivity index (χ0v) is 28.5. The van der Waals surface area contributed by atoms with Gasteiger partial charge in [0.2, 0.25) is 0 Å². The summed E-state index contributed by atoms with van der Waals surface area (Å²) in [7, 11) is -1.46. The molecule has 1 spiro atoms. The summed E-state index contributed by atoms with van der Waals surface area (Å²) in [6, 6.07) is 11.8. The molecule has 2 aliphatic carbocycles. The van der Waals surface area contributed by atoms with Gasteiger partial charge >= 0.3 is 0 Å². The summed E-state index contributed by atoms with van der Waals surface area (Å²) in [6.45, 7) is 4.12. The number of carbonyl (C=O) groups excluding carboxylic acids is 1. The minimum absolute atomic E-state index is 0.0114. The highest BCUT2D eigenvalue weighted by atomic mass is 35.5.